The molecule has 0 saturated heterocycles. The summed E-state index contributed by atoms with van der Waals surface area (Å²) in [5.74, 6) is 0.624. The van der Waals surface area contributed by atoms with E-state index in [0.717, 1.165) is 5.56 Å². The molecule has 2 rings (SSSR count). The fraction of sp³-hybridized carbons (Fsp3) is 0.143. The fourth-order valence-corrected chi connectivity index (χ4v) is 1.97. The van der Waals surface area contributed by atoms with Crippen LogP contribution in [0, 0.1) is 5.82 Å². The van der Waals surface area contributed by atoms with Crippen LogP contribution in [0.15, 0.2) is 30.3 Å². The van der Waals surface area contributed by atoms with Gasteiger partial charge in [-0.1, -0.05) is 17.7 Å². The molecule has 19 heavy (non-hydrogen) atoms. The van der Waals surface area contributed by atoms with Crippen molar-refractivity contribution in [3.05, 3.63) is 41.2 Å². The maximum Gasteiger partial charge on any atom is 0.161 e. The Balaban J connectivity index is 2.53. The molecule has 2 aromatic carbocycles. The second-order valence-electron chi connectivity index (χ2n) is 3.92. The molecule has 0 atom stereocenters. The number of ether oxygens (including phenoxy) is 2. The minimum atomic E-state index is -0.544. The number of rotatable bonds is 3. The summed E-state index contributed by atoms with van der Waals surface area (Å²) >= 11 is 5.88. The molecule has 0 spiro atoms. The van der Waals surface area contributed by atoms with Crippen molar-refractivity contribution in [1.82, 2.24) is 0 Å². The molecule has 5 heteroatoms. The highest BCUT2D eigenvalue weighted by molar-refractivity contribution is 6.33. The molecule has 0 aliphatic carbocycles. The van der Waals surface area contributed by atoms with Crippen LogP contribution in [0.25, 0.3) is 11.1 Å². The number of nitrogen functional groups attached to an aromatic ring is 1. The Hall–Kier alpha value is -1.94. The second kappa shape index (κ2) is 5.36. The molecule has 0 fully saturated rings. The number of benzene rings is 2. The maximum absolute atomic E-state index is 13.6. The van der Waals surface area contributed by atoms with E-state index in [1.165, 1.54) is 13.2 Å². The number of halogens is 2. The maximum atomic E-state index is 13.6. The van der Waals surface area contributed by atoms with Crippen LogP contribution in [0.3, 0.4) is 0 Å². The zero-order chi connectivity index (χ0) is 14.0. The summed E-state index contributed by atoms with van der Waals surface area (Å²) < 4.78 is 23.9. The first kappa shape index (κ1) is 13.5. The molecule has 0 amide bonds. The van der Waals surface area contributed by atoms with Crippen molar-refractivity contribution >= 4 is 17.3 Å². The SMILES string of the molecule is COc1ccc(-c2cc(F)c(N)c(Cl)c2)cc1OC. The van der Waals surface area contributed by atoms with Crippen molar-refractivity contribution in [2.24, 2.45) is 0 Å². The average molecular weight is 282 g/mol. The summed E-state index contributed by atoms with van der Waals surface area (Å²) in [6.45, 7) is 0. The van der Waals surface area contributed by atoms with Crippen LogP contribution in [-0.2, 0) is 0 Å². The molecular formula is C14H13ClFNO2. The van der Waals surface area contributed by atoms with E-state index >= 15 is 0 Å². The lowest BCUT2D eigenvalue weighted by Crippen LogP contribution is -1.94. The van der Waals surface area contributed by atoms with Crippen LogP contribution in [-0.4, -0.2) is 14.2 Å². The van der Waals surface area contributed by atoms with E-state index in [2.05, 4.69) is 0 Å². The molecule has 0 unspecified atom stereocenters. The quantitative estimate of drug-likeness (QED) is 0.872. The summed E-state index contributed by atoms with van der Waals surface area (Å²) in [6.07, 6.45) is 0. The Bertz CT molecular complexity index is 593. The Morgan fingerprint density at radius 3 is 2.26 bits per heavy atom. The number of hydrogen-bond acceptors (Lipinski definition) is 3. The summed E-state index contributed by atoms with van der Waals surface area (Å²) in [4.78, 5) is 0. The summed E-state index contributed by atoms with van der Waals surface area (Å²) in [7, 11) is 3.09. The van der Waals surface area contributed by atoms with Crippen LogP contribution in [0.2, 0.25) is 5.02 Å². The van der Waals surface area contributed by atoms with Crippen molar-refractivity contribution < 1.29 is 13.9 Å². The lowest BCUT2D eigenvalue weighted by molar-refractivity contribution is 0.355. The summed E-state index contributed by atoms with van der Waals surface area (Å²) in [5.41, 5.74) is 6.81. The smallest absolute Gasteiger partial charge is 0.161 e. The predicted molar refractivity (Wildman–Crippen MR) is 74.4 cm³/mol. The Labute approximate surface area is 115 Å². The number of hydrogen-bond donors (Lipinski definition) is 1. The van der Waals surface area contributed by atoms with Crippen molar-refractivity contribution in [3.63, 3.8) is 0 Å². The van der Waals surface area contributed by atoms with Crippen LogP contribution < -0.4 is 15.2 Å². The van der Waals surface area contributed by atoms with Gasteiger partial charge in [-0.3, -0.25) is 0 Å². The number of nitrogens with two attached hydrogens (primary N) is 1. The molecular weight excluding hydrogens is 269 g/mol. The van der Waals surface area contributed by atoms with E-state index in [-0.39, 0.29) is 10.7 Å². The molecule has 100 valence electrons. The minimum Gasteiger partial charge on any atom is -0.493 e. The highest BCUT2D eigenvalue weighted by atomic mass is 35.5. The van der Waals surface area contributed by atoms with Gasteiger partial charge in [0.25, 0.3) is 0 Å². The van der Waals surface area contributed by atoms with Gasteiger partial charge >= 0.3 is 0 Å². The van der Waals surface area contributed by atoms with E-state index in [4.69, 9.17) is 26.8 Å². The lowest BCUT2D eigenvalue weighted by atomic mass is 10.0. The standard InChI is InChI=1S/C14H13ClFNO2/c1-18-12-4-3-8(7-13(12)19-2)9-5-10(15)14(17)11(16)6-9/h3-7H,17H2,1-2H3. The van der Waals surface area contributed by atoms with Crippen LogP contribution >= 0.6 is 11.6 Å². The Morgan fingerprint density at radius 1 is 1.00 bits per heavy atom. The van der Waals surface area contributed by atoms with Gasteiger partial charge in [0, 0.05) is 0 Å². The third-order valence-corrected chi connectivity index (χ3v) is 3.11. The number of methoxy groups -OCH3 is 2. The van der Waals surface area contributed by atoms with Gasteiger partial charge in [-0.05, 0) is 35.4 Å². The molecule has 0 radical (unpaired) electrons. The third kappa shape index (κ3) is 2.58. The van der Waals surface area contributed by atoms with Gasteiger partial charge in [0.05, 0.1) is 24.9 Å². The Kier molecular flexibility index (Phi) is 3.81. The first-order chi connectivity index (χ1) is 9.06. The topological polar surface area (TPSA) is 44.5 Å². The molecule has 2 aromatic rings. The molecule has 0 aliphatic rings. The lowest BCUT2D eigenvalue weighted by Gasteiger charge is -2.10. The molecule has 0 saturated carbocycles. The van der Waals surface area contributed by atoms with Gasteiger partial charge in [-0.2, -0.15) is 0 Å². The predicted octanol–water partition coefficient (Wildman–Crippen LogP) is 3.75. The normalized spacial score (nSPS) is 10.3. The van der Waals surface area contributed by atoms with Crippen molar-refractivity contribution in [2.45, 2.75) is 0 Å². The first-order valence-corrected chi connectivity index (χ1v) is 5.91. The second-order valence-corrected chi connectivity index (χ2v) is 4.33. The molecule has 0 aromatic heterocycles. The largest absolute Gasteiger partial charge is 0.493 e. The van der Waals surface area contributed by atoms with Crippen molar-refractivity contribution in [1.29, 1.82) is 0 Å². The van der Waals surface area contributed by atoms with E-state index in [1.54, 1.807) is 31.4 Å². The molecule has 0 bridgehead atoms. The Morgan fingerprint density at radius 2 is 1.68 bits per heavy atom. The van der Waals surface area contributed by atoms with E-state index in [1.807, 2.05) is 0 Å². The van der Waals surface area contributed by atoms with E-state index < -0.39 is 5.82 Å². The van der Waals surface area contributed by atoms with Crippen LogP contribution in [0.5, 0.6) is 11.5 Å². The zero-order valence-corrected chi connectivity index (χ0v) is 11.3. The van der Waals surface area contributed by atoms with Gasteiger partial charge < -0.3 is 15.2 Å². The monoisotopic (exact) mass is 281 g/mol. The summed E-state index contributed by atoms with van der Waals surface area (Å²) in [6, 6.07) is 8.24. The zero-order valence-electron chi connectivity index (χ0n) is 10.5. The fourth-order valence-electron chi connectivity index (χ4n) is 1.77. The number of anilines is 1. The third-order valence-electron chi connectivity index (χ3n) is 2.80. The van der Waals surface area contributed by atoms with Gasteiger partial charge in [0.1, 0.15) is 5.82 Å². The van der Waals surface area contributed by atoms with E-state index in [0.29, 0.717) is 17.1 Å². The van der Waals surface area contributed by atoms with Gasteiger partial charge in [-0.25, -0.2) is 4.39 Å². The van der Waals surface area contributed by atoms with Gasteiger partial charge in [-0.15, -0.1) is 0 Å². The average Bonchev–Trinajstić information content (AvgIpc) is 2.43. The highest BCUT2D eigenvalue weighted by Gasteiger charge is 2.10. The highest BCUT2D eigenvalue weighted by Crippen LogP contribution is 2.35. The molecule has 2 N–H and O–H groups in total. The summed E-state index contributed by atoms with van der Waals surface area (Å²) in [5, 5.41) is 0.185. The minimum absolute atomic E-state index is 0.0501. The van der Waals surface area contributed by atoms with Crippen LogP contribution in [0.4, 0.5) is 10.1 Å². The van der Waals surface area contributed by atoms with E-state index in [9.17, 15) is 4.39 Å². The molecule has 0 aliphatic heterocycles. The van der Waals surface area contributed by atoms with Gasteiger partial charge in [0.2, 0.25) is 0 Å². The van der Waals surface area contributed by atoms with Crippen LogP contribution in [0.1, 0.15) is 0 Å². The molecule has 0 heterocycles. The van der Waals surface area contributed by atoms with Crippen molar-refractivity contribution in [3.8, 4) is 22.6 Å². The van der Waals surface area contributed by atoms with Crippen molar-refractivity contribution in [2.75, 3.05) is 20.0 Å². The molecule has 3 nitrogen and oxygen atoms in total. The first-order valence-electron chi connectivity index (χ1n) is 5.53. The van der Waals surface area contributed by atoms with Gasteiger partial charge in [0.15, 0.2) is 11.5 Å².